The lowest BCUT2D eigenvalue weighted by atomic mass is 9.64. The highest BCUT2D eigenvalue weighted by atomic mass is 79.9. The monoisotopic (exact) mass is 399 g/mol. The van der Waals surface area contributed by atoms with Gasteiger partial charge in [0.15, 0.2) is 5.78 Å². The second-order valence-corrected chi connectivity index (χ2v) is 9.05. The minimum atomic E-state index is -0.713. The molecule has 4 rings (SSSR count). The molecule has 1 N–H and O–H groups in total. The third kappa shape index (κ3) is 1.86. The van der Waals surface area contributed by atoms with Crippen LogP contribution in [0.5, 0.6) is 0 Å². The predicted octanol–water partition coefficient (Wildman–Crippen LogP) is 4.94. The Kier molecular flexibility index (Phi) is 3.46. The number of rotatable bonds is 2. The molecule has 3 atom stereocenters. The van der Waals surface area contributed by atoms with Crippen molar-refractivity contribution in [2.24, 2.45) is 16.2 Å². The number of Topliss-reactive ketones (excluding diaryl/α,β-unsaturated/α-hetero) is 1. The first-order chi connectivity index (χ1) is 11.8. The fraction of sp³-hybridized carbons (Fsp3) is 0.429. The van der Waals surface area contributed by atoms with Crippen LogP contribution in [0.2, 0.25) is 0 Å². The van der Waals surface area contributed by atoms with Crippen LogP contribution in [0, 0.1) is 16.2 Å². The maximum atomic E-state index is 13.5. The van der Waals surface area contributed by atoms with E-state index >= 15 is 0 Å². The molecule has 0 radical (unpaired) electrons. The van der Waals surface area contributed by atoms with E-state index in [1.54, 1.807) is 0 Å². The summed E-state index contributed by atoms with van der Waals surface area (Å²) in [7, 11) is 0. The predicted molar refractivity (Wildman–Crippen MR) is 104 cm³/mol. The summed E-state index contributed by atoms with van der Waals surface area (Å²) in [4.78, 5) is 25.9. The zero-order valence-corrected chi connectivity index (χ0v) is 16.3. The number of anilines is 1. The smallest absolute Gasteiger partial charge is 0.232 e. The quantitative estimate of drug-likeness (QED) is 0.726. The van der Waals surface area contributed by atoms with Gasteiger partial charge in [0, 0.05) is 16.5 Å². The van der Waals surface area contributed by atoms with Gasteiger partial charge >= 0.3 is 0 Å². The summed E-state index contributed by atoms with van der Waals surface area (Å²) < 4.78 is 0. The molecule has 0 spiro atoms. The highest BCUT2D eigenvalue weighted by molar-refractivity contribution is 9.10. The van der Waals surface area contributed by atoms with Gasteiger partial charge in [0.1, 0.15) is 0 Å². The second-order valence-electron chi connectivity index (χ2n) is 8.14. The average Bonchev–Trinajstić information content (AvgIpc) is 2.87. The Morgan fingerprint density at radius 2 is 1.76 bits per heavy atom. The van der Waals surface area contributed by atoms with Crippen LogP contribution in [-0.2, 0) is 9.59 Å². The van der Waals surface area contributed by atoms with E-state index in [0.29, 0.717) is 0 Å². The van der Waals surface area contributed by atoms with Crippen molar-refractivity contribution in [3.05, 3.63) is 42.5 Å². The fourth-order valence-electron chi connectivity index (χ4n) is 5.02. The molecule has 0 heterocycles. The van der Waals surface area contributed by atoms with Gasteiger partial charge in [0.05, 0.1) is 10.2 Å². The van der Waals surface area contributed by atoms with Gasteiger partial charge in [-0.1, -0.05) is 73.1 Å². The number of fused-ring (bicyclic) bond motifs is 3. The van der Waals surface area contributed by atoms with Crippen LogP contribution in [0.3, 0.4) is 0 Å². The average molecular weight is 400 g/mol. The molecule has 0 saturated heterocycles. The number of alkyl halides is 1. The Morgan fingerprint density at radius 3 is 2.44 bits per heavy atom. The number of halogens is 1. The van der Waals surface area contributed by atoms with Crippen molar-refractivity contribution < 1.29 is 9.59 Å². The van der Waals surface area contributed by atoms with Crippen molar-refractivity contribution in [3.63, 3.8) is 0 Å². The van der Waals surface area contributed by atoms with E-state index in [-0.39, 0.29) is 17.1 Å². The van der Waals surface area contributed by atoms with Gasteiger partial charge in [-0.05, 0) is 29.7 Å². The molecule has 2 fully saturated rings. The zero-order valence-electron chi connectivity index (χ0n) is 14.7. The SMILES string of the molecule is CC1(C)[C@]2(C)CC[C@@]1(C(=O)Nc1cccc3ccccc13)[C@H](Br)C2=O. The molecule has 2 aromatic rings. The third-order valence-corrected chi connectivity index (χ3v) is 8.36. The van der Waals surface area contributed by atoms with Gasteiger partial charge in [0.2, 0.25) is 5.91 Å². The highest BCUT2D eigenvalue weighted by Crippen LogP contribution is 2.72. The minimum Gasteiger partial charge on any atom is -0.325 e. The highest BCUT2D eigenvalue weighted by Gasteiger charge is 2.76. The van der Waals surface area contributed by atoms with Crippen LogP contribution in [0.1, 0.15) is 33.6 Å². The van der Waals surface area contributed by atoms with Crippen LogP contribution < -0.4 is 5.32 Å². The first-order valence-electron chi connectivity index (χ1n) is 8.73. The summed E-state index contributed by atoms with van der Waals surface area (Å²) in [6.45, 7) is 6.16. The summed E-state index contributed by atoms with van der Waals surface area (Å²) in [5.74, 6) is 0.113. The van der Waals surface area contributed by atoms with Gasteiger partial charge in [-0.2, -0.15) is 0 Å². The lowest BCUT2D eigenvalue weighted by molar-refractivity contribution is -0.130. The summed E-state index contributed by atoms with van der Waals surface area (Å²) in [6.07, 6.45) is 1.50. The Labute approximate surface area is 156 Å². The Balaban J connectivity index is 1.78. The van der Waals surface area contributed by atoms with Crippen LogP contribution in [0.25, 0.3) is 10.8 Å². The van der Waals surface area contributed by atoms with E-state index in [1.165, 1.54) is 0 Å². The Bertz CT molecular complexity index is 900. The van der Waals surface area contributed by atoms with Gasteiger partial charge < -0.3 is 5.32 Å². The first-order valence-corrected chi connectivity index (χ1v) is 9.65. The van der Waals surface area contributed by atoms with Gasteiger partial charge in [-0.3, -0.25) is 9.59 Å². The fourth-order valence-corrected chi connectivity index (χ4v) is 6.54. The number of nitrogens with one attached hydrogen (secondary N) is 1. The molecular formula is C21H22BrNO2. The number of carbonyl (C=O) groups is 2. The summed E-state index contributed by atoms with van der Waals surface area (Å²) >= 11 is 3.58. The Hall–Kier alpha value is -1.68. The molecule has 2 saturated carbocycles. The molecule has 2 aliphatic carbocycles. The van der Waals surface area contributed by atoms with Crippen molar-refractivity contribution in [3.8, 4) is 0 Å². The molecule has 2 aliphatic rings. The molecule has 130 valence electrons. The Morgan fingerprint density at radius 1 is 1.08 bits per heavy atom. The number of hydrogen-bond acceptors (Lipinski definition) is 2. The van der Waals surface area contributed by atoms with Gasteiger partial charge in [0.25, 0.3) is 0 Å². The zero-order chi connectivity index (χ0) is 18.0. The van der Waals surface area contributed by atoms with Gasteiger partial charge in [-0.15, -0.1) is 0 Å². The van der Waals surface area contributed by atoms with Crippen molar-refractivity contribution in [1.29, 1.82) is 0 Å². The van der Waals surface area contributed by atoms with E-state index in [1.807, 2.05) is 49.4 Å². The van der Waals surface area contributed by atoms with Crippen LogP contribution in [0.15, 0.2) is 42.5 Å². The van der Waals surface area contributed by atoms with Gasteiger partial charge in [-0.25, -0.2) is 0 Å². The molecule has 4 heteroatoms. The molecule has 2 bridgehead atoms. The molecule has 0 unspecified atom stereocenters. The van der Waals surface area contributed by atoms with Crippen LogP contribution in [0.4, 0.5) is 5.69 Å². The number of amides is 1. The first kappa shape index (κ1) is 16.8. The normalized spacial score (nSPS) is 33.0. The van der Waals surface area contributed by atoms with Crippen molar-refractivity contribution in [1.82, 2.24) is 0 Å². The van der Waals surface area contributed by atoms with Crippen LogP contribution in [-0.4, -0.2) is 16.5 Å². The molecule has 25 heavy (non-hydrogen) atoms. The molecule has 1 amide bonds. The summed E-state index contributed by atoms with van der Waals surface area (Å²) in [5.41, 5.74) is -0.742. The number of carbonyl (C=O) groups excluding carboxylic acids is 2. The molecule has 2 aromatic carbocycles. The maximum absolute atomic E-state index is 13.5. The van der Waals surface area contributed by atoms with Crippen molar-refractivity contribution >= 4 is 44.1 Å². The molecule has 3 nitrogen and oxygen atoms in total. The largest absolute Gasteiger partial charge is 0.325 e. The van der Waals surface area contributed by atoms with E-state index in [9.17, 15) is 9.59 Å². The van der Waals surface area contributed by atoms with E-state index in [2.05, 4.69) is 35.1 Å². The van der Waals surface area contributed by atoms with Crippen molar-refractivity contribution in [2.45, 2.75) is 38.4 Å². The topological polar surface area (TPSA) is 46.2 Å². The molecule has 0 aliphatic heterocycles. The summed E-state index contributed by atoms with van der Waals surface area (Å²) in [6, 6.07) is 13.9. The lowest BCUT2D eigenvalue weighted by Gasteiger charge is -2.39. The third-order valence-electron chi connectivity index (χ3n) is 7.16. The minimum absolute atomic E-state index is 0.0506. The lowest BCUT2D eigenvalue weighted by Crippen LogP contribution is -2.48. The standard InChI is InChI=1S/C21H22BrNO2/c1-19(2)20(3)11-12-21(19,16(22)17(20)24)18(25)23-15-10-6-8-13-7-4-5-9-14(13)15/h4-10,16H,11-12H2,1-3H3,(H,23,25)/t16-,20-,21+/m1/s1. The number of ketones is 1. The number of benzene rings is 2. The van der Waals surface area contributed by atoms with Crippen LogP contribution >= 0.6 is 15.9 Å². The van der Waals surface area contributed by atoms with E-state index < -0.39 is 15.7 Å². The maximum Gasteiger partial charge on any atom is 0.232 e. The van der Waals surface area contributed by atoms with Crippen molar-refractivity contribution in [2.75, 3.05) is 5.32 Å². The van der Waals surface area contributed by atoms with E-state index in [0.717, 1.165) is 29.3 Å². The summed E-state index contributed by atoms with van der Waals surface area (Å²) in [5, 5.41) is 5.25. The van der Waals surface area contributed by atoms with E-state index in [4.69, 9.17) is 0 Å². The second kappa shape index (κ2) is 5.16. The molecular weight excluding hydrogens is 378 g/mol. The number of hydrogen-bond donors (Lipinski definition) is 1. The molecule has 0 aromatic heterocycles.